The second kappa shape index (κ2) is 9.47. The third-order valence-corrected chi connectivity index (χ3v) is 7.94. The molecule has 1 heterocycles. The van der Waals surface area contributed by atoms with Gasteiger partial charge in [-0.1, -0.05) is 54.6 Å². The fraction of sp³-hybridized carbons (Fsp3) is 0.269. The van der Waals surface area contributed by atoms with E-state index in [9.17, 15) is 18.3 Å². The molecule has 0 radical (unpaired) electrons. The first-order valence-corrected chi connectivity index (χ1v) is 12.5. The molecule has 6 nitrogen and oxygen atoms in total. The number of hydrogen-bond acceptors (Lipinski definition) is 4. The second-order valence-electron chi connectivity index (χ2n) is 8.54. The molecule has 0 bridgehead atoms. The summed E-state index contributed by atoms with van der Waals surface area (Å²) in [6, 6.07) is 23.5. The smallest absolute Gasteiger partial charge is 0.251 e. The highest BCUT2D eigenvalue weighted by molar-refractivity contribution is 7.89. The average Bonchev–Trinajstić information content (AvgIpc) is 3.39. The largest absolute Gasteiger partial charge is 0.384 e. The molecule has 1 amide bonds. The van der Waals surface area contributed by atoms with Crippen molar-refractivity contribution in [1.82, 2.24) is 9.62 Å². The Hall–Kier alpha value is -3.00. The van der Waals surface area contributed by atoms with Crippen molar-refractivity contribution >= 4 is 15.9 Å². The lowest BCUT2D eigenvalue weighted by Crippen LogP contribution is -2.38. The molecule has 172 valence electrons. The van der Waals surface area contributed by atoms with E-state index in [1.165, 1.54) is 28.6 Å². The Morgan fingerprint density at radius 1 is 0.909 bits per heavy atom. The third-order valence-electron chi connectivity index (χ3n) is 6.03. The van der Waals surface area contributed by atoms with Crippen molar-refractivity contribution in [2.24, 2.45) is 0 Å². The molecule has 1 saturated heterocycles. The Balaban J connectivity index is 1.39. The van der Waals surface area contributed by atoms with Gasteiger partial charge in [0.25, 0.3) is 5.91 Å². The van der Waals surface area contributed by atoms with Crippen molar-refractivity contribution < 1.29 is 18.3 Å². The van der Waals surface area contributed by atoms with Crippen LogP contribution in [0.25, 0.3) is 11.1 Å². The molecule has 7 heteroatoms. The normalized spacial score (nSPS) is 16.3. The van der Waals surface area contributed by atoms with Crippen LogP contribution in [0, 0.1) is 0 Å². The molecule has 2 N–H and O–H groups in total. The van der Waals surface area contributed by atoms with Gasteiger partial charge in [0, 0.05) is 18.7 Å². The maximum Gasteiger partial charge on any atom is 0.251 e. The van der Waals surface area contributed by atoms with E-state index in [0.717, 1.165) is 24.0 Å². The van der Waals surface area contributed by atoms with Gasteiger partial charge in [-0.15, -0.1) is 0 Å². The van der Waals surface area contributed by atoms with E-state index < -0.39 is 15.6 Å². The van der Waals surface area contributed by atoms with E-state index in [2.05, 4.69) is 5.32 Å². The van der Waals surface area contributed by atoms with Gasteiger partial charge < -0.3 is 10.4 Å². The highest BCUT2D eigenvalue weighted by atomic mass is 32.2. The number of benzene rings is 3. The number of amides is 1. The zero-order valence-electron chi connectivity index (χ0n) is 18.6. The van der Waals surface area contributed by atoms with Crippen LogP contribution in [0.3, 0.4) is 0 Å². The molecule has 0 spiro atoms. The van der Waals surface area contributed by atoms with Crippen LogP contribution in [0.15, 0.2) is 83.8 Å². The molecule has 0 aliphatic carbocycles. The summed E-state index contributed by atoms with van der Waals surface area (Å²) < 4.78 is 26.7. The van der Waals surface area contributed by atoms with Crippen LogP contribution in [0.4, 0.5) is 0 Å². The third kappa shape index (κ3) is 5.16. The SMILES string of the molecule is CC(O)(CNC(=O)c1ccc(S(=O)(=O)N2CCCC2)cc1)c1ccc(-c2ccccc2)cc1. The predicted molar refractivity (Wildman–Crippen MR) is 128 cm³/mol. The van der Waals surface area contributed by atoms with Crippen LogP contribution >= 0.6 is 0 Å². The quantitative estimate of drug-likeness (QED) is 0.557. The number of aliphatic hydroxyl groups is 1. The number of hydrogen-bond donors (Lipinski definition) is 2. The maximum absolute atomic E-state index is 12.6. The van der Waals surface area contributed by atoms with Crippen LogP contribution in [0.2, 0.25) is 0 Å². The highest BCUT2D eigenvalue weighted by Crippen LogP contribution is 2.25. The number of nitrogens with zero attached hydrogens (tertiary/aromatic N) is 1. The molecule has 3 aromatic carbocycles. The summed E-state index contributed by atoms with van der Waals surface area (Å²) in [5.74, 6) is -0.374. The van der Waals surface area contributed by atoms with Crippen molar-refractivity contribution in [3.8, 4) is 11.1 Å². The summed E-state index contributed by atoms with van der Waals surface area (Å²) in [5, 5.41) is 13.7. The van der Waals surface area contributed by atoms with Crippen molar-refractivity contribution in [3.63, 3.8) is 0 Å². The monoisotopic (exact) mass is 464 g/mol. The molecule has 33 heavy (non-hydrogen) atoms. The van der Waals surface area contributed by atoms with Gasteiger partial charge in [-0.25, -0.2) is 8.42 Å². The maximum atomic E-state index is 12.6. The van der Waals surface area contributed by atoms with E-state index in [0.29, 0.717) is 24.2 Å². The lowest BCUT2D eigenvalue weighted by Gasteiger charge is -2.24. The molecule has 1 aliphatic rings. The van der Waals surface area contributed by atoms with Gasteiger partial charge >= 0.3 is 0 Å². The van der Waals surface area contributed by atoms with Gasteiger partial charge in [-0.3, -0.25) is 4.79 Å². The van der Waals surface area contributed by atoms with Gasteiger partial charge in [-0.2, -0.15) is 4.31 Å². The van der Waals surface area contributed by atoms with Crippen molar-refractivity contribution in [2.45, 2.75) is 30.3 Å². The predicted octanol–water partition coefficient (Wildman–Crippen LogP) is 3.78. The van der Waals surface area contributed by atoms with Crippen LogP contribution in [0.5, 0.6) is 0 Å². The fourth-order valence-corrected chi connectivity index (χ4v) is 5.48. The first-order valence-electron chi connectivity index (χ1n) is 11.0. The van der Waals surface area contributed by atoms with Crippen LogP contribution in [-0.4, -0.2) is 43.4 Å². The number of carbonyl (C=O) groups excluding carboxylic acids is 1. The molecule has 1 unspecified atom stereocenters. The summed E-state index contributed by atoms with van der Waals surface area (Å²) in [4.78, 5) is 12.8. The molecule has 1 atom stereocenters. The molecule has 0 aromatic heterocycles. The van der Waals surface area contributed by atoms with Crippen LogP contribution in [0.1, 0.15) is 35.7 Å². The first-order chi connectivity index (χ1) is 15.8. The topological polar surface area (TPSA) is 86.7 Å². The highest BCUT2D eigenvalue weighted by Gasteiger charge is 2.28. The standard InChI is InChI=1S/C26H28N2O4S/c1-26(30,23-13-9-21(10-14-23)20-7-3-2-4-8-20)19-27-25(29)22-11-15-24(16-12-22)33(31,32)28-17-5-6-18-28/h2-4,7-16,30H,5-6,17-19H2,1H3,(H,27,29). The Morgan fingerprint density at radius 2 is 1.48 bits per heavy atom. The van der Waals surface area contributed by atoms with E-state index in [4.69, 9.17) is 0 Å². The number of carbonyl (C=O) groups is 1. The lowest BCUT2D eigenvalue weighted by molar-refractivity contribution is 0.0526. The zero-order chi connectivity index (χ0) is 23.5. The van der Waals surface area contributed by atoms with Crippen molar-refractivity contribution in [1.29, 1.82) is 0 Å². The fourth-order valence-electron chi connectivity index (χ4n) is 3.96. The van der Waals surface area contributed by atoms with Crippen LogP contribution < -0.4 is 5.32 Å². The summed E-state index contributed by atoms with van der Waals surface area (Å²) in [7, 11) is -3.51. The zero-order valence-corrected chi connectivity index (χ0v) is 19.4. The molecule has 0 saturated carbocycles. The van der Waals surface area contributed by atoms with Gasteiger partial charge in [-0.05, 0) is 60.7 Å². The minimum absolute atomic E-state index is 0.0182. The molecule has 1 fully saturated rings. The average molecular weight is 465 g/mol. The van der Waals surface area contributed by atoms with E-state index in [1.54, 1.807) is 6.92 Å². The molecular weight excluding hydrogens is 436 g/mol. The number of nitrogens with one attached hydrogen (secondary N) is 1. The summed E-state index contributed by atoms with van der Waals surface area (Å²) in [6.45, 7) is 2.73. The van der Waals surface area contributed by atoms with E-state index in [1.807, 2.05) is 54.6 Å². The summed E-state index contributed by atoms with van der Waals surface area (Å²) in [5.41, 5.74) is 1.90. The molecule has 4 rings (SSSR count). The van der Waals surface area contributed by atoms with Gasteiger partial charge in [0.1, 0.15) is 5.60 Å². The van der Waals surface area contributed by atoms with Gasteiger partial charge in [0.2, 0.25) is 10.0 Å². The number of rotatable bonds is 7. The molecular formula is C26H28N2O4S. The lowest BCUT2D eigenvalue weighted by atomic mass is 9.93. The first kappa shape index (κ1) is 23.2. The Kier molecular flexibility index (Phi) is 6.65. The van der Waals surface area contributed by atoms with Crippen molar-refractivity contribution in [3.05, 3.63) is 90.0 Å². The van der Waals surface area contributed by atoms with E-state index >= 15 is 0 Å². The van der Waals surface area contributed by atoms with Crippen molar-refractivity contribution in [2.75, 3.05) is 19.6 Å². The van der Waals surface area contributed by atoms with Gasteiger partial charge in [0.05, 0.1) is 11.4 Å². The molecule has 3 aromatic rings. The van der Waals surface area contributed by atoms with Crippen LogP contribution in [-0.2, 0) is 15.6 Å². The minimum Gasteiger partial charge on any atom is -0.384 e. The van der Waals surface area contributed by atoms with Gasteiger partial charge in [0.15, 0.2) is 0 Å². The molecule has 1 aliphatic heterocycles. The Bertz CT molecular complexity index is 1200. The Labute approximate surface area is 194 Å². The minimum atomic E-state index is -3.51. The number of sulfonamides is 1. The summed E-state index contributed by atoms with van der Waals surface area (Å²) >= 11 is 0. The summed E-state index contributed by atoms with van der Waals surface area (Å²) in [6.07, 6.45) is 1.74. The second-order valence-corrected chi connectivity index (χ2v) is 10.5. The Morgan fingerprint density at radius 3 is 2.09 bits per heavy atom. The van der Waals surface area contributed by atoms with E-state index in [-0.39, 0.29) is 17.3 Å².